The molecule has 0 unspecified atom stereocenters. The van der Waals surface area contributed by atoms with Crippen LogP contribution in [0.2, 0.25) is 0 Å². The number of carbonyl (C=O) groups is 1. The molecular weight excluding hydrogens is 342 g/mol. The van der Waals surface area contributed by atoms with E-state index in [1.807, 2.05) is 0 Å². The molecule has 4 N–H and O–H groups in total. The standard InChI is InChI=1S/C16H17N5O3S/c1-7-11(14(18)24-21-7)16(22)23-6-10-19-13(17)12-8-4-2-3-5-9(8)25-15(12)20-10/h2-6,18H2,1H3,(H2,17,19,20). The van der Waals surface area contributed by atoms with Gasteiger partial charge in [0, 0.05) is 4.88 Å². The van der Waals surface area contributed by atoms with Crippen LogP contribution < -0.4 is 11.5 Å². The van der Waals surface area contributed by atoms with Crippen LogP contribution in [0.25, 0.3) is 10.2 Å². The number of aryl methyl sites for hydroxylation is 3. The van der Waals surface area contributed by atoms with E-state index in [0.717, 1.165) is 29.5 Å². The van der Waals surface area contributed by atoms with Crippen molar-refractivity contribution in [1.82, 2.24) is 15.1 Å². The molecule has 0 saturated heterocycles. The van der Waals surface area contributed by atoms with Crippen LogP contribution in [0.1, 0.15) is 45.2 Å². The van der Waals surface area contributed by atoms with Crippen molar-refractivity contribution < 1.29 is 14.1 Å². The van der Waals surface area contributed by atoms with Crippen molar-refractivity contribution in [2.45, 2.75) is 39.2 Å². The van der Waals surface area contributed by atoms with Crippen LogP contribution in [0.15, 0.2) is 4.52 Å². The SMILES string of the molecule is Cc1noc(N)c1C(=O)OCc1nc(N)c2c3c(sc2n1)CCCC3. The number of hydrogen-bond acceptors (Lipinski definition) is 9. The molecule has 3 aromatic heterocycles. The number of ether oxygens (including phenoxy) is 1. The largest absolute Gasteiger partial charge is 0.454 e. The first kappa shape index (κ1) is 15.8. The first-order valence-corrected chi connectivity index (χ1v) is 8.81. The van der Waals surface area contributed by atoms with Crippen molar-refractivity contribution in [2.24, 2.45) is 0 Å². The maximum absolute atomic E-state index is 12.1. The average Bonchev–Trinajstić information content (AvgIpc) is 3.12. The molecule has 25 heavy (non-hydrogen) atoms. The molecule has 0 bridgehead atoms. The molecule has 1 aliphatic carbocycles. The van der Waals surface area contributed by atoms with Gasteiger partial charge in [-0.05, 0) is 38.2 Å². The molecule has 0 radical (unpaired) electrons. The van der Waals surface area contributed by atoms with Gasteiger partial charge in [-0.2, -0.15) is 0 Å². The van der Waals surface area contributed by atoms with E-state index >= 15 is 0 Å². The summed E-state index contributed by atoms with van der Waals surface area (Å²) in [5.41, 5.74) is 13.5. The predicted molar refractivity (Wildman–Crippen MR) is 93.2 cm³/mol. The highest BCUT2D eigenvalue weighted by atomic mass is 32.1. The van der Waals surface area contributed by atoms with Gasteiger partial charge in [0.1, 0.15) is 16.2 Å². The van der Waals surface area contributed by atoms with Gasteiger partial charge in [0.05, 0.1) is 11.1 Å². The Morgan fingerprint density at radius 3 is 2.84 bits per heavy atom. The lowest BCUT2D eigenvalue weighted by Gasteiger charge is -2.10. The minimum atomic E-state index is -0.621. The molecule has 0 aliphatic heterocycles. The number of hydrogen-bond donors (Lipinski definition) is 2. The minimum absolute atomic E-state index is 0.0654. The molecule has 0 saturated carbocycles. The summed E-state index contributed by atoms with van der Waals surface area (Å²) >= 11 is 1.65. The van der Waals surface area contributed by atoms with E-state index < -0.39 is 5.97 Å². The molecule has 0 aromatic carbocycles. The molecular formula is C16H17N5O3S. The van der Waals surface area contributed by atoms with Gasteiger partial charge in [-0.3, -0.25) is 0 Å². The molecule has 9 heteroatoms. The van der Waals surface area contributed by atoms with E-state index in [0.29, 0.717) is 17.3 Å². The van der Waals surface area contributed by atoms with Crippen molar-refractivity contribution in [2.75, 3.05) is 11.5 Å². The fraction of sp³-hybridized carbons (Fsp3) is 0.375. The van der Waals surface area contributed by atoms with Crippen LogP contribution in [-0.2, 0) is 24.2 Å². The van der Waals surface area contributed by atoms with Gasteiger partial charge in [-0.1, -0.05) is 5.16 Å². The molecule has 3 aromatic rings. The van der Waals surface area contributed by atoms with Crippen LogP contribution in [0, 0.1) is 6.92 Å². The number of nitrogen functional groups attached to an aromatic ring is 2. The fourth-order valence-corrected chi connectivity index (χ4v) is 4.42. The van der Waals surface area contributed by atoms with Crippen LogP contribution in [-0.4, -0.2) is 21.1 Å². The number of fused-ring (bicyclic) bond motifs is 3. The number of thiophene rings is 1. The van der Waals surface area contributed by atoms with Crippen LogP contribution in [0.5, 0.6) is 0 Å². The third-order valence-electron chi connectivity index (χ3n) is 4.31. The van der Waals surface area contributed by atoms with Crippen molar-refractivity contribution >= 4 is 39.2 Å². The summed E-state index contributed by atoms with van der Waals surface area (Å²) in [7, 11) is 0. The van der Waals surface area contributed by atoms with Crippen molar-refractivity contribution in [3.63, 3.8) is 0 Å². The smallest absolute Gasteiger partial charge is 0.346 e. The number of carbonyl (C=O) groups excluding carboxylic acids is 1. The summed E-state index contributed by atoms with van der Waals surface area (Å²) in [5, 5.41) is 4.59. The lowest BCUT2D eigenvalue weighted by atomic mass is 9.97. The Morgan fingerprint density at radius 2 is 2.08 bits per heavy atom. The third kappa shape index (κ3) is 2.70. The third-order valence-corrected chi connectivity index (χ3v) is 5.50. The first-order chi connectivity index (χ1) is 12.0. The molecule has 8 nitrogen and oxygen atoms in total. The second kappa shape index (κ2) is 5.99. The number of rotatable bonds is 3. The minimum Gasteiger partial charge on any atom is -0.454 e. The zero-order valence-corrected chi connectivity index (χ0v) is 14.5. The molecule has 1 aliphatic rings. The lowest BCUT2D eigenvalue weighted by Crippen LogP contribution is -2.10. The summed E-state index contributed by atoms with van der Waals surface area (Å²) in [6.07, 6.45) is 4.43. The predicted octanol–water partition coefficient (Wildman–Crippen LogP) is 2.39. The van der Waals surface area contributed by atoms with E-state index in [1.54, 1.807) is 18.3 Å². The Hall–Kier alpha value is -2.68. The fourth-order valence-electron chi connectivity index (χ4n) is 3.13. The highest BCUT2D eigenvalue weighted by Gasteiger charge is 2.22. The first-order valence-electron chi connectivity index (χ1n) is 8.00. The summed E-state index contributed by atoms with van der Waals surface area (Å²) in [4.78, 5) is 23.2. The molecule has 0 atom stereocenters. The number of anilines is 2. The molecule has 4 rings (SSSR count). The van der Waals surface area contributed by atoms with Crippen LogP contribution >= 0.6 is 11.3 Å². The van der Waals surface area contributed by atoms with E-state index in [2.05, 4.69) is 15.1 Å². The quantitative estimate of drug-likeness (QED) is 0.682. The Balaban J connectivity index is 1.59. The Kier molecular flexibility index (Phi) is 3.79. The van der Waals surface area contributed by atoms with Crippen molar-refractivity contribution in [1.29, 1.82) is 0 Å². The molecule has 130 valence electrons. The number of nitrogens with zero attached hydrogens (tertiary/aromatic N) is 3. The van der Waals surface area contributed by atoms with Crippen molar-refractivity contribution in [3.05, 3.63) is 27.5 Å². The average molecular weight is 359 g/mol. The van der Waals surface area contributed by atoms with Crippen molar-refractivity contribution in [3.8, 4) is 0 Å². The van der Waals surface area contributed by atoms with E-state index in [9.17, 15) is 4.79 Å². The van der Waals surface area contributed by atoms with E-state index in [4.69, 9.17) is 20.7 Å². The van der Waals surface area contributed by atoms with Crippen LogP contribution in [0.4, 0.5) is 11.7 Å². The van der Waals surface area contributed by atoms with E-state index in [-0.39, 0.29) is 18.1 Å². The highest BCUT2D eigenvalue weighted by Crippen LogP contribution is 2.37. The van der Waals surface area contributed by atoms with Gasteiger partial charge in [0.25, 0.3) is 0 Å². The second-order valence-corrected chi connectivity index (χ2v) is 7.08. The molecule has 0 amide bonds. The van der Waals surface area contributed by atoms with Gasteiger partial charge in [-0.25, -0.2) is 14.8 Å². The van der Waals surface area contributed by atoms with Gasteiger partial charge in [-0.15, -0.1) is 11.3 Å². The Morgan fingerprint density at radius 1 is 1.28 bits per heavy atom. The van der Waals surface area contributed by atoms with Gasteiger partial charge < -0.3 is 20.7 Å². The highest BCUT2D eigenvalue weighted by molar-refractivity contribution is 7.19. The topological polar surface area (TPSA) is 130 Å². The maximum atomic E-state index is 12.1. The normalized spacial score (nSPS) is 13.8. The summed E-state index contributed by atoms with van der Waals surface area (Å²) < 4.78 is 10.0. The molecule has 0 spiro atoms. The maximum Gasteiger partial charge on any atom is 0.346 e. The number of aromatic nitrogens is 3. The summed E-state index contributed by atoms with van der Waals surface area (Å²) in [6, 6.07) is 0. The zero-order chi connectivity index (χ0) is 17.6. The van der Waals surface area contributed by atoms with Crippen LogP contribution in [0.3, 0.4) is 0 Å². The molecule has 0 fully saturated rings. The molecule has 3 heterocycles. The zero-order valence-electron chi connectivity index (χ0n) is 13.7. The summed E-state index contributed by atoms with van der Waals surface area (Å²) in [6.45, 7) is 1.53. The monoisotopic (exact) mass is 359 g/mol. The lowest BCUT2D eigenvalue weighted by molar-refractivity contribution is 0.0463. The summed E-state index contributed by atoms with van der Waals surface area (Å²) in [5.74, 6) is 0.119. The van der Waals surface area contributed by atoms with Gasteiger partial charge >= 0.3 is 5.97 Å². The second-order valence-electron chi connectivity index (χ2n) is 6.00. The Bertz CT molecular complexity index is 958. The number of nitrogens with two attached hydrogens (primary N) is 2. The van der Waals surface area contributed by atoms with Gasteiger partial charge in [0.15, 0.2) is 12.4 Å². The van der Waals surface area contributed by atoms with Gasteiger partial charge in [0.2, 0.25) is 5.88 Å². The Labute approximate surface area is 147 Å². The van der Waals surface area contributed by atoms with E-state index in [1.165, 1.54) is 16.9 Å². The number of esters is 1.